The molecule has 0 fully saturated rings. The molecular weight excluding hydrogens is 206 g/mol. The highest BCUT2D eigenvalue weighted by Crippen LogP contribution is 2.13. The lowest BCUT2D eigenvalue weighted by Gasteiger charge is -2.11. The van der Waals surface area contributed by atoms with Crippen LogP contribution < -0.4 is 5.32 Å². The minimum absolute atomic E-state index is 0.768. The van der Waals surface area contributed by atoms with E-state index in [0.29, 0.717) is 0 Å². The SMILES string of the molecule is CCCCNCc1ccc[c]c1CCC(C)C. The van der Waals surface area contributed by atoms with Gasteiger partial charge >= 0.3 is 0 Å². The van der Waals surface area contributed by atoms with E-state index in [2.05, 4.69) is 44.3 Å². The van der Waals surface area contributed by atoms with E-state index in [1.807, 2.05) is 6.07 Å². The molecule has 1 heteroatoms. The van der Waals surface area contributed by atoms with Crippen molar-refractivity contribution >= 4 is 0 Å². The molecule has 1 aromatic carbocycles. The Morgan fingerprint density at radius 3 is 2.88 bits per heavy atom. The fourth-order valence-electron chi connectivity index (χ4n) is 1.86. The summed E-state index contributed by atoms with van der Waals surface area (Å²) in [7, 11) is 0. The number of benzene rings is 1. The summed E-state index contributed by atoms with van der Waals surface area (Å²) in [5, 5.41) is 3.51. The van der Waals surface area contributed by atoms with Gasteiger partial charge in [-0.05, 0) is 48.9 Å². The van der Waals surface area contributed by atoms with Crippen LogP contribution in [-0.2, 0) is 13.0 Å². The molecule has 1 N–H and O–H groups in total. The predicted molar refractivity (Wildman–Crippen MR) is 75.1 cm³/mol. The first-order valence-electron chi connectivity index (χ1n) is 6.93. The van der Waals surface area contributed by atoms with E-state index in [4.69, 9.17) is 0 Å². The Morgan fingerprint density at radius 2 is 2.18 bits per heavy atom. The highest BCUT2D eigenvalue weighted by Gasteiger charge is 2.03. The molecule has 17 heavy (non-hydrogen) atoms. The maximum atomic E-state index is 3.51. The van der Waals surface area contributed by atoms with Crippen LogP contribution >= 0.6 is 0 Å². The van der Waals surface area contributed by atoms with Gasteiger partial charge in [-0.3, -0.25) is 0 Å². The summed E-state index contributed by atoms with van der Waals surface area (Å²) in [6.07, 6.45) is 4.93. The molecular formula is C16H26N. The maximum Gasteiger partial charge on any atom is 0.0208 e. The van der Waals surface area contributed by atoms with Crippen LogP contribution in [0.2, 0.25) is 0 Å². The van der Waals surface area contributed by atoms with E-state index >= 15 is 0 Å². The van der Waals surface area contributed by atoms with Crippen molar-refractivity contribution in [3.63, 3.8) is 0 Å². The molecule has 0 aliphatic rings. The van der Waals surface area contributed by atoms with Crippen LogP contribution in [0.5, 0.6) is 0 Å². The molecule has 1 nitrogen and oxygen atoms in total. The van der Waals surface area contributed by atoms with Crippen LogP contribution in [0.4, 0.5) is 0 Å². The van der Waals surface area contributed by atoms with E-state index < -0.39 is 0 Å². The number of nitrogens with one attached hydrogen (secondary N) is 1. The van der Waals surface area contributed by atoms with Gasteiger partial charge in [0.05, 0.1) is 0 Å². The van der Waals surface area contributed by atoms with Crippen molar-refractivity contribution in [1.29, 1.82) is 0 Å². The van der Waals surface area contributed by atoms with Crippen LogP contribution in [0.1, 0.15) is 51.2 Å². The van der Waals surface area contributed by atoms with Crippen LogP contribution in [0.25, 0.3) is 0 Å². The third kappa shape index (κ3) is 5.88. The lowest BCUT2D eigenvalue weighted by molar-refractivity contribution is 0.580. The van der Waals surface area contributed by atoms with E-state index in [9.17, 15) is 0 Å². The van der Waals surface area contributed by atoms with Crippen molar-refractivity contribution in [2.24, 2.45) is 5.92 Å². The molecule has 0 unspecified atom stereocenters. The third-order valence-corrected chi connectivity index (χ3v) is 3.03. The Labute approximate surface area is 107 Å². The molecule has 0 aliphatic heterocycles. The third-order valence-electron chi connectivity index (χ3n) is 3.03. The van der Waals surface area contributed by atoms with Crippen molar-refractivity contribution in [3.8, 4) is 0 Å². The van der Waals surface area contributed by atoms with Crippen LogP contribution in [-0.4, -0.2) is 6.54 Å². The minimum Gasteiger partial charge on any atom is -0.313 e. The smallest absolute Gasteiger partial charge is 0.0208 e. The van der Waals surface area contributed by atoms with Crippen molar-refractivity contribution in [1.82, 2.24) is 5.32 Å². The standard InChI is InChI=1S/C16H26N/c1-4-5-12-17-13-16-9-7-6-8-15(16)11-10-14(2)3/h6-7,9,14,17H,4-5,10-13H2,1-3H3. The monoisotopic (exact) mass is 232 g/mol. The molecule has 0 amide bonds. The van der Waals surface area contributed by atoms with Crippen LogP contribution in [0, 0.1) is 12.0 Å². The summed E-state index contributed by atoms with van der Waals surface area (Å²) >= 11 is 0. The Hall–Kier alpha value is -0.820. The lowest BCUT2D eigenvalue weighted by Crippen LogP contribution is -2.15. The van der Waals surface area contributed by atoms with Crippen LogP contribution in [0.15, 0.2) is 18.2 Å². The molecule has 95 valence electrons. The van der Waals surface area contributed by atoms with Gasteiger partial charge in [0.1, 0.15) is 0 Å². The molecule has 0 saturated carbocycles. The van der Waals surface area contributed by atoms with E-state index in [-0.39, 0.29) is 0 Å². The molecule has 1 rings (SSSR count). The number of hydrogen-bond acceptors (Lipinski definition) is 1. The minimum atomic E-state index is 0.768. The quantitative estimate of drug-likeness (QED) is 0.669. The van der Waals surface area contributed by atoms with Gasteiger partial charge < -0.3 is 5.32 Å². The molecule has 0 aliphatic carbocycles. The Balaban J connectivity index is 2.46. The van der Waals surface area contributed by atoms with Gasteiger partial charge in [-0.15, -0.1) is 0 Å². The summed E-state index contributed by atoms with van der Waals surface area (Å²) in [6.45, 7) is 8.90. The van der Waals surface area contributed by atoms with Crippen LogP contribution in [0.3, 0.4) is 0 Å². The van der Waals surface area contributed by atoms with Gasteiger partial charge in [-0.25, -0.2) is 0 Å². The van der Waals surface area contributed by atoms with Crippen molar-refractivity contribution in [3.05, 3.63) is 35.4 Å². The number of unbranched alkanes of at least 4 members (excludes halogenated alkanes) is 1. The highest BCUT2D eigenvalue weighted by atomic mass is 14.8. The zero-order valence-corrected chi connectivity index (χ0v) is 11.6. The van der Waals surface area contributed by atoms with Gasteiger partial charge in [0.15, 0.2) is 0 Å². The van der Waals surface area contributed by atoms with Gasteiger partial charge in [0.25, 0.3) is 0 Å². The number of hydrogen-bond donors (Lipinski definition) is 1. The lowest BCUT2D eigenvalue weighted by atomic mass is 9.98. The van der Waals surface area contributed by atoms with E-state index in [1.54, 1.807) is 0 Å². The Bertz CT molecular complexity index is 304. The maximum absolute atomic E-state index is 3.51. The first-order chi connectivity index (χ1) is 8.24. The summed E-state index contributed by atoms with van der Waals surface area (Å²) in [5.74, 6) is 0.768. The summed E-state index contributed by atoms with van der Waals surface area (Å²) in [4.78, 5) is 0. The molecule has 1 radical (unpaired) electrons. The summed E-state index contributed by atoms with van der Waals surface area (Å²) in [6, 6.07) is 9.75. The van der Waals surface area contributed by atoms with Gasteiger partial charge in [0, 0.05) is 6.54 Å². The van der Waals surface area contributed by atoms with Crippen molar-refractivity contribution in [2.75, 3.05) is 6.54 Å². The van der Waals surface area contributed by atoms with Gasteiger partial charge in [0.2, 0.25) is 0 Å². The van der Waals surface area contributed by atoms with E-state index in [1.165, 1.54) is 30.4 Å². The first kappa shape index (κ1) is 14.2. The highest BCUT2D eigenvalue weighted by molar-refractivity contribution is 5.26. The predicted octanol–water partition coefficient (Wildman–Crippen LogP) is 3.97. The second kappa shape index (κ2) is 8.30. The van der Waals surface area contributed by atoms with E-state index in [0.717, 1.165) is 25.4 Å². The molecule has 0 spiro atoms. The fourth-order valence-corrected chi connectivity index (χ4v) is 1.86. The molecule has 1 aromatic rings. The second-order valence-corrected chi connectivity index (χ2v) is 5.14. The normalized spacial score (nSPS) is 11.1. The molecule has 0 aromatic heterocycles. The average molecular weight is 232 g/mol. The van der Waals surface area contributed by atoms with Gasteiger partial charge in [-0.1, -0.05) is 45.4 Å². The molecule has 0 atom stereocenters. The molecule has 0 bridgehead atoms. The largest absolute Gasteiger partial charge is 0.313 e. The summed E-state index contributed by atoms with van der Waals surface area (Å²) < 4.78 is 0. The first-order valence-corrected chi connectivity index (χ1v) is 6.93. The topological polar surface area (TPSA) is 12.0 Å². The average Bonchev–Trinajstić information content (AvgIpc) is 2.33. The number of rotatable bonds is 8. The summed E-state index contributed by atoms with van der Waals surface area (Å²) in [5.41, 5.74) is 2.81. The van der Waals surface area contributed by atoms with Crippen molar-refractivity contribution in [2.45, 2.75) is 53.0 Å². The fraction of sp³-hybridized carbons (Fsp3) is 0.625. The van der Waals surface area contributed by atoms with Gasteiger partial charge in [-0.2, -0.15) is 0 Å². The number of aryl methyl sites for hydroxylation is 1. The van der Waals surface area contributed by atoms with Crippen molar-refractivity contribution < 1.29 is 0 Å². The molecule has 0 heterocycles. The second-order valence-electron chi connectivity index (χ2n) is 5.14. The zero-order chi connectivity index (χ0) is 12.5. The molecule has 0 saturated heterocycles. The zero-order valence-electron chi connectivity index (χ0n) is 11.6. The Kier molecular flexibility index (Phi) is 6.95. The Morgan fingerprint density at radius 1 is 1.35 bits per heavy atom.